The molecule has 0 spiro atoms. The molecule has 1 heterocycles. The van der Waals surface area contributed by atoms with Crippen LogP contribution >= 0.6 is 0 Å². The van der Waals surface area contributed by atoms with E-state index in [-0.39, 0.29) is 6.10 Å². The van der Waals surface area contributed by atoms with Crippen molar-refractivity contribution < 1.29 is 9.78 Å². The van der Waals surface area contributed by atoms with Crippen LogP contribution in [0.2, 0.25) is 0 Å². The summed E-state index contributed by atoms with van der Waals surface area (Å²) in [5.74, 6) is 0. The van der Waals surface area contributed by atoms with Crippen molar-refractivity contribution in [2.45, 2.75) is 32.3 Å². The van der Waals surface area contributed by atoms with Crippen LogP contribution in [0.25, 0.3) is 0 Å². The standard InChI is InChI=1S/C6H12O2/c1-6-4-2-3-5-8(6)7/h6H,2-5H2,1H3. The van der Waals surface area contributed by atoms with Gasteiger partial charge in [-0.2, -0.15) is 0 Å². The molecular formula is C6H12O2. The normalized spacial score (nSPS) is 33.0. The molecule has 0 bridgehead atoms. The van der Waals surface area contributed by atoms with Crippen molar-refractivity contribution in [3.05, 3.63) is 0 Å². The lowest BCUT2D eigenvalue weighted by Gasteiger charge is -2.30. The van der Waals surface area contributed by atoms with Gasteiger partial charge in [-0.15, -0.1) is 0 Å². The van der Waals surface area contributed by atoms with Crippen molar-refractivity contribution in [1.29, 1.82) is 0 Å². The second-order valence-corrected chi connectivity index (χ2v) is 2.39. The van der Waals surface area contributed by atoms with Gasteiger partial charge in [0.05, 0.1) is 0 Å². The van der Waals surface area contributed by atoms with Crippen LogP contribution in [0, 0.1) is 0 Å². The fourth-order valence-corrected chi connectivity index (χ4v) is 1.01. The molecule has 0 aliphatic carbocycles. The van der Waals surface area contributed by atoms with Crippen LogP contribution in [0.15, 0.2) is 0 Å². The van der Waals surface area contributed by atoms with Crippen LogP contribution in [-0.4, -0.2) is 12.7 Å². The average molecular weight is 116 g/mol. The minimum Gasteiger partial charge on any atom is -0.534 e. The highest BCUT2D eigenvalue weighted by molar-refractivity contribution is 4.57. The summed E-state index contributed by atoms with van der Waals surface area (Å²) >= 11 is 0. The van der Waals surface area contributed by atoms with E-state index in [1.165, 1.54) is 6.42 Å². The summed E-state index contributed by atoms with van der Waals surface area (Å²) in [5.41, 5.74) is 0. The molecule has 1 aliphatic heterocycles. The lowest BCUT2D eigenvalue weighted by atomic mass is 10.1. The zero-order valence-corrected chi connectivity index (χ0v) is 5.22. The Hall–Kier alpha value is -0.0800. The quantitative estimate of drug-likeness (QED) is 0.332. The van der Waals surface area contributed by atoms with Gasteiger partial charge in [0.1, 0.15) is 0 Å². The van der Waals surface area contributed by atoms with Crippen LogP contribution in [-0.2, 0) is 4.52 Å². The first-order chi connectivity index (χ1) is 3.80. The van der Waals surface area contributed by atoms with Gasteiger partial charge in [0.2, 0.25) is 0 Å². The number of hydrogen-bond acceptors (Lipinski definition) is 1. The second kappa shape index (κ2) is 2.46. The Morgan fingerprint density at radius 1 is 1.50 bits per heavy atom. The lowest BCUT2D eigenvalue weighted by molar-refractivity contribution is -0.810. The zero-order valence-electron chi connectivity index (χ0n) is 5.22. The van der Waals surface area contributed by atoms with Gasteiger partial charge in [-0.05, 0) is 6.42 Å². The molecule has 0 aromatic carbocycles. The summed E-state index contributed by atoms with van der Waals surface area (Å²) in [6.07, 6.45) is 3.52. The fraction of sp³-hybridized carbons (Fsp3) is 1.00. The molecule has 1 atom stereocenters. The topological polar surface area (TPSA) is 25.8 Å². The predicted octanol–water partition coefficient (Wildman–Crippen LogP) is 0.386. The molecule has 0 radical (unpaired) electrons. The van der Waals surface area contributed by atoms with E-state index in [0.717, 1.165) is 12.8 Å². The van der Waals surface area contributed by atoms with E-state index in [2.05, 4.69) is 0 Å². The zero-order chi connectivity index (χ0) is 5.98. The van der Waals surface area contributed by atoms with E-state index in [1.807, 2.05) is 11.4 Å². The summed E-state index contributed by atoms with van der Waals surface area (Å²) in [5, 5.41) is 10.6. The van der Waals surface area contributed by atoms with E-state index in [0.29, 0.717) is 6.61 Å². The van der Waals surface area contributed by atoms with Gasteiger partial charge in [0.15, 0.2) is 12.7 Å². The summed E-state index contributed by atoms with van der Waals surface area (Å²) in [6, 6.07) is 0. The molecule has 0 aromatic rings. The maximum absolute atomic E-state index is 10.6. The minimum atomic E-state index is 0.198. The molecule has 1 rings (SSSR count). The maximum atomic E-state index is 10.6. The van der Waals surface area contributed by atoms with Crippen LogP contribution < -0.4 is 5.26 Å². The van der Waals surface area contributed by atoms with Crippen molar-refractivity contribution in [1.82, 2.24) is 0 Å². The highest BCUT2D eigenvalue weighted by Gasteiger charge is 2.16. The third kappa shape index (κ3) is 1.20. The van der Waals surface area contributed by atoms with E-state index in [1.54, 1.807) is 0 Å². The molecule has 0 amide bonds. The van der Waals surface area contributed by atoms with Crippen molar-refractivity contribution in [3.8, 4) is 0 Å². The van der Waals surface area contributed by atoms with Gasteiger partial charge in [-0.25, -0.2) is 0 Å². The highest BCUT2D eigenvalue weighted by atomic mass is 17.2. The van der Waals surface area contributed by atoms with Crippen LogP contribution in [0.5, 0.6) is 0 Å². The molecule has 1 unspecified atom stereocenters. The molecule has 0 saturated carbocycles. The van der Waals surface area contributed by atoms with Gasteiger partial charge in [-0.1, -0.05) is 0 Å². The SMILES string of the molecule is CC1CCCC[O+]1[O-]. The minimum absolute atomic E-state index is 0.198. The summed E-state index contributed by atoms with van der Waals surface area (Å²) in [7, 11) is 0. The Kier molecular flexibility index (Phi) is 1.86. The second-order valence-electron chi connectivity index (χ2n) is 2.39. The van der Waals surface area contributed by atoms with E-state index in [4.69, 9.17) is 0 Å². The molecule has 1 fully saturated rings. The molecule has 1 aliphatic rings. The maximum Gasteiger partial charge on any atom is 0.158 e. The van der Waals surface area contributed by atoms with Crippen LogP contribution in [0.4, 0.5) is 0 Å². The van der Waals surface area contributed by atoms with Gasteiger partial charge >= 0.3 is 0 Å². The Labute approximate surface area is 49.7 Å². The van der Waals surface area contributed by atoms with Crippen molar-refractivity contribution in [2.75, 3.05) is 6.61 Å². The van der Waals surface area contributed by atoms with E-state index in [9.17, 15) is 5.26 Å². The van der Waals surface area contributed by atoms with Crippen LogP contribution in [0.1, 0.15) is 26.2 Å². The Balaban J connectivity index is 2.28. The molecule has 1 saturated heterocycles. The highest BCUT2D eigenvalue weighted by Crippen LogP contribution is 2.14. The summed E-state index contributed by atoms with van der Waals surface area (Å²) in [4.78, 5) is 0. The van der Waals surface area contributed by atoms with E-state index < -0.39 is 0 Å². The number of rotatable bonds is 0. The Morgan fingerprint density at radius 3 is 2.62 bits per heavy atom. The first-order valence-corrected chi connectivity index (χ1v) is 3.18. The molecule has 2 heteroatoms. The third-order valence-corrected chi connectivity index (χ3v) is 1.65. The average Bonchev–Trinajstić information content (AvgIpc) is 1.77. The van der Waals surface area contributed by atoms with Crippen molar-refractivity contribution in [2.24, 2.45) is 0 Å². The van der Waals surface area contributed by atoms with Gasteiger partial charge in [0.25, 0.3) is 0 Å². The van der Waals surface area contributed by atoms with Crippen LogP contribution in [0.3, 0.4) is 0 Å². The van der Waals surface area contributed by atoms with E-state index >= 15 is 0 Å². The molecule has 0 aromatic heterocycles. The molecular weight excluding hydrogens is 104 g/mol. The fourth-order valence-electron chi connectivity index (χ4n) is 1.01. The molecule has 48 valence electrons. The largest absolute Gasteiger partial charge is 0.534 e. The van der Waals surface area contributed by atoms with Crippen molar-refractivity contribution in [3.63, 3.8) is 0 Å². The lowest BCUT2D eigenvalue weighted by Crippen LogP contribution is -2.37. The van der Waals surface area contributed by atoms with Gasteiger partial charge in [-0.3, -0.25) is 0 Å². The summed E-state index contributed by atoms with van der Waals surface area (Å²) < 4.78 is 1.90. The first kappa shape index (κ1) is 6.05. The molecule has 8 heavy (non-hydrogen) atoms. The van der Waals surface area contributed by atoms with Crippen molar-refractivity contribution >= 4 is 0 Å². The molecule has 0 N–H and O–H groups in total. The first-order valence-electron chi connectivity index (χ1n) is 3.18. The van der Waals surface area contributed by atoms with Gasteiger partial charge in [0, 0.05) is 19.8 Å². The van der Waals surface area contributed by atoms with Gasteiger partial charge < -0.3 is 9.78 Å². The predicted molar refractivity (Wildman–Crippen MR) is 29.3 cm³/mol. The summed E-state index contributed by atoms with van der Waals surface area (Å²) in [6.45, 7) is 2.62. The monoisotopic (exact) mass is 116 g/mol. The third-order valence-electron chi connectivity index (χ3n) is 1.65. The Morgan fingerprint density at radius 2 is 2.25 bits per heavy atom. The number of hydrogen-bond donors (Lipinski definition) is 0. The smallest absolute Gasteiger partial charge is 0.158 e. The molecule has 2 nitrogen and oxygen atoms in total. The Bertz CT molecular complexity index is 62.9.